The van der Waals surface area contributed by atoms with Crippen molar-refractivity contribution < 1.29 is 67.9 Å². The number of hydrogen-bond acceptors (Lipinski definition) is 14. The smallest absolute Gasteiger partial charge is 0.508 e. The standard InChI is InChI=1S/C43H53NO14/c45-14-18-51-20-22-55-42(49)44-26-35(30-58-43(50)56-23-21-52-19-15-46)41(40(27-44)57-28-31-24-33-6-1-3-8-37(33)39(48)25-31)32-10-12-36(13-11-32)54-17-5-16-53-29-34-7-2-4-9-38(34)47/h1-4,6-13,24-25,35,40-41,45-48H,5,14-23,26-30H2. The van der Waals surface area contributed by atoms with E-state index in [1.54, 1.807) is 18.2 Å². The first-order valence-electron chi connectivity index (χ1n) is 19.3. The molecule has 0 aliphatic carbocycles. The van der Waals surface area contributed by atoms with Crippen LogP contribution in [0.3, 0.4) is 0 Å². The minimum absolute atomic E-state index is 0.0311. The normalized spacial score (nSPS) is 16.6. The summed E-state index contributed by atoms with van der Waals surface area (Å²) < 4.78 is 45.0. The zero-order chi connectivity index (χ0) is 41.0. The predicted octanol–water partition coefficient (Wildman–Crippen LogP) is 5.15. The molecule has 15 nitrogen and oxygen atoms in total. The highest BCUT2D eigenvalue weighted by Gasteiger charge is 2.41. The molecule has 4 aromatic carbocycles. The van der Waals surface area contributed by atoms with Crippen LogP contribution in [0.4, 0.5) is 9.59 Å². The maximum Gasteiger partial charge on any atom is 0.508 e. The molecule has 3 unspecified atom stereocenters. The van der Waals surface area contributed by atoms with Crippen molar-refractivity contribution in [3.63, 3.8) is 0 Å². The molecule has 5 rings (SSSR count). The molecule has 4 aromatic rings. The number of benzene rings is 4. The molecule has 0 bridgehead atoms. The third-order valence-corrected chi connectivity index (χ3v) is 9.39. The van der Waals surface area contributed by atoms with E-state index < -0.39 is 24.3 Å². The molecule has 1 aliphatic rings. The van der Waals surface area contributed by atoms with Crippen LogP contribution in [0.25, 0.3) is 10.8 Å². The van der Waals surface area contributed by atoms with Crippen LogP contribution >= 0.6 is 0 Å². The highest BCUT2D eigenvalue weighted by molar-refractivity contribution is 5.88. The van der Waals surface area contributed by atoms with Crippen LogP contribution in [0, 0.1) is 5.92 Å². The van der Waals surface area contributed by atoms with Gasteiger partial charge in [-0.25, -0.2) is 9.59 Å². The summed E-state index contributed by atoms with van der Waals surface area (Å²) in [6.07, 6.45) is -1.51. The second kappa shape index (κ2) is 23.9. The number of ether oxygens (including phenoxy) is 8. The topological polar surface area (TPSA) is 192 Å². The van der Waals surface area contributed by atoms with Gasteiger partial charge < -0.3 is 63.2 Å². The molecule has 0 saturated carbocycles. The lowest BCUT2D eigenvalue weighted by molar-refractivity contribution is -0.0590. The maximum atomic E-state index is 13.4. The fraction of sp³-hybridized carbons (Fsp3) is 0.442. The van der Waals surface area contributed by atoms with Gasteiger partial charge in [-0.1, -0.05) is 54.6 Å². The van der Waals surface area contributed by atoms with Gasteiger partial charge in [0.15, 0.2) is 0 Å². The lowest BCUT2D eigenvalue weighted by atomic mass is 9.78. The zero-order valence-corrected chi connectivity index (χ0v) is 32.4. The number of likely N-dealkylation sites (tertiary alicyclic amines) is 1. The van der Waals surface area contributed by atoms with E-state index in [9.17, 15) is 19.8 Å². The number of carbonyl (C=O) groups is 2. The van der Waals surface area contributed by atoms with Crippen LogP contribution in [0.5, 0.6) is 17.2 Å². The van der Waals surface area contributed by atoms with Crippen LogP contribution < -0.4 is 4.74 Å². The Morgan fingerprint density at radius 2 is 1.40 bits per heavy atom. The number of piperidine rings is 1. The molecule has 4 N–H and O–H groups in total. The fourth-order valence-electron chi connectivity index (χ4n) is 6.66. The fourth-order valence-corrected chi connectivity index (χ4v) is 6.66. The van der Waals surface area contributed by atoms with Crippen molar-refractivity contribution in [3.05, 3.63) is 102 Å². The van der Waals surface area contributed by atoms with Gasteiger partial charge in [-0.3, -0.25) is 0 Å². The van der Waals surface area contributed by atoms with Gasteiger partial charge in [0, 0.05) is 35.8 Å². The lowest BCUT2D eigenvalue weighted by Gasteiger charge is -2.43. The first-order valence-corrected chi connectivity index (χ1v) is 19.3. The number of para-hydroxylation sites is 1. The molecule has 1 aliphatic heterocycles. The van der Waals surface area contributed by atoms with Crippen molar-refractivity contribution in [1.82, 2.24) is 4.90 Å². The number of phenolic OH excluding ortho intramolecular Hbond substituents is 2. The minimum Gasteiger partial charge on any atom is -0.508 e. The van der Waals surface area contributed by atoms with Gasteiger partial charge in [0.05, 0.1) is 78.7 Å². The summed E-state index contributed by atoms with van der Waals surface area (Å²) in [4.78, 5) is 27.6. The van der Waals surface area contributed by atoms with Gasteiger partial charge in [0.1, 0.15) is 37.1 Å². The summed E-state index contributed by atoms with van der Waals surface area (Å²) in [6, 6.07) is 25.6. The molecular weight excluding hydrogens is 754 g/mol. The van der Waals surface area contributed by atoms with E-state index in [1.165, 1.54) is 4.90 Å². The van der Waals surface area contributed by atoms with Crippen LogP contribution in [0.2, 0.25) is 0 Å². The Labute approximate surface area is 337 Å². The van der Waals surface area contributed by atoms with E-state index in [0.29, 0.717) is 42.9 Å². The van der Waals surface area contributed by atoms with Crippen LogP contribution in [0.1, 0.15) is 29.0 Å². The van der Waals surface area contributed by atoms with Crippen molar-refractivity contribution in [2.45, 2.75) is 31.7 Å². The van der Waals surface area contributed by atoms with Gasteiger partial charge in [0.2, 0.25) is 0 Å². The predicted molar refractivity (Wildman–Crippen MR) is 211 cm³/mol. The van der Waals surface area contributed by atoms with Gasteiger partial charge in [-0.2, -0.15) is 0 Å². The number of phenols is 2. The number of hydrogen-bond donors (Lipinski definition) is 4. The van der Waals surface area contributed by atoms with Gasteiger partial charge in [-0.05, 0) is 46.8 Å². The summed E-state index contributed by atoms with van der Waals surface area (Å²) in [7, 11) is 0. The van der Waals surface area contributed by atoms with Crippen LogP contribution in [-0.2, 0) is 46.4 Å². The highest BCUT2D eigenvalue weighted by Crippen LogP contribution is 2.37. The number of rotatable bonds is 23. The molecule has 314 valence electrons. The molecular formula is C43H53NO14. The average molecular weight is 808 g/mol. The Hall–Kier alpha value is -5.16. The lowest BCUT2D eigenvalue weighted by Crippen LogP contribution is -2.52. The zero-order valence-electron chi connectivity index (χ0n) is 32.4. The van der Waals surface area contributed by atoms with Crippen molar-refractivity contribution in [1.29, 1.82) is 0 Å². The first kappa shape index (κ1) is 44.0. The SMILES string of the molecule is O=C(OCCOCCO)OCC1CN(C(=O)OCCOCCO)CC(OCc2cc(O)c3ccccc3c2)C1c1ccc(OCCCOCc2ccccc2O)cc1. The van der Waals surface area contributed by atoms with Gasteiger partial charge in [0.25, 0.3) is 0 Å². The Balaban J connectivity index is 1.30. The molecule has 15 heteroatoms. The Morgan fingerprint density at radius 3 is 2.16 bits per heavy atom. The number of nitrogens with zero attached hydrogens (tertiary/aromatic N) is 1. The van der Waals surface area contributed by atoms with E-state index in [1.807, 2.05) is 66.7 Å². The van der Waals surface area contributed by atoms with E-state index in [4.69, 9.17) is 48.1 Å². The van der Waals surface area contributed by atoms with E-state index in [0.717, 1.165) is 16.5 Å². The summed E-state index contributed by atoms with van der Waals surface area (Å²) >= 11 is 0. The molecule has 1 heterocycles. The quantitative estimate of drug-likeness (QED) is 0.0569. The molecule has 0 radical (unpaired) electrons. The molecule has 58 heavy (non-hydrogen) atoms. The Bertz CT molecular complexity index is 1840. The summed E-state index contributed by atoms with van der Waals surface area (Å²) in [5.41, 5.74) is 2.30. The summed E-state index contributed by atoms with van der Waals surface area (Å²) in [6.45, 7) is 1.43. The van der Waals surface area contributed by atoms with Crippen LogP contribution in [-0.4, -0.2) is 129 Å². The molecule has 1 amide bonds. The average Bonchev–Trinajstić information content (AvgIpc) is 3.24. The number of aliphatic hydroxyl groups is 2. The van der Waals surface area contributed by atoms with Crippen molar-refractivity contribution >= 4 is 23.0 Å². The molecule has 3 atom stereocenters. The number of carbonyl (C=O) groups excluding carboxylic acids is 2. The van der Waals surface area contributed by atoms with Gasteiger partial charge >= 0.3 is 12.2 Å². The minimum atomic E-state index is -0.913. The number of aliphatic hydroxyl groups excluding tert-OH is 2. The van der Waals surface area contributed by atoms with E-state index >= 15 is 0 Å². The summed E-state index contributed by atoms with van der Waals surface area (Å²) in [5.74, 6) is 0.0868. The second-order valence-electron chi connectivity index (χ2n) is 13.5. The van der Waals surface area contributed by atoms with E-state index in [-0.39, 0.29) is 96.6 Å². The number of fused-ring (bicyclic) bond motifs is 1. The van der Waals surface area contributed by atoms with Crippen LogP contribution in [0.15, 0.2) is 84.9 Å². The van der Waals surface area contributed by atoms with Crippen molar-refractivity contribution in [2.24, 2.45) is 5.92 Å². The largest absolute Gasteiger partial charge is 0.508 e. The monoisotopic (exact) mass is 807 g/mol. The third-order valence-electron chi connectivity index (χ3n) is 9.39. The number of aromatic hydroxyl groups is 2. The van der Waals surface area contributed by atoms with Crippen molar-refractivity contribution in [2.75, 3.05) is 85.8 Å². The molecule has 0 spiro atoms. The summed E-state index contributed by atoms with van der Waals surface area (Å²) in [5, 5.41) is 40.2. The maximum absolute atomic E-state index is 13.4. The highest BCUT2D eigenvalue weighted by atomic mass is 16.7. The third kappa shape index (κ3) is 13.7. The van der Waals surface area contributed by atoms with Crippen molar-refractivity contribution in [3.8, 4) is 17.2 Å². The molecule has 1 saturated heterocycles. The first-order chi connectivity index (χ1) is 28.4. The molecule has 0 aromatic heterocycles. The second-order valence-corrected chi connectivity index (χ2v) is 13.5. The van der Waals surface area contributed by atoms with Gasteiger partial charge in [-0.15, -0.1) is 0 Å². The number of amides is 1. The Morgan fingerprint density at radius 1 is 0.672 bits per heavy atom. The Kier molecular flexibility index (Phi) is 18.1. The van der Waals surface area contributed by atoms with E-state index in [2.05, 4.69) is 0 Å². The molecule has 1 fully saturated rings.